The molecule has 0 atom stereocenters. The van der Waals surface area contributed by atoms with Crippen LogP contribution in [0.15, 0.2) is 65.2 Å². The number of benzene rings is 3. The molecule has 3 aromatic carbocycles. The molecule has 0 radical (unpaired) electrons. The number of hydrogen-bond acceptors (Lipinski definition) is 2. The van der Waals surface area contributed by atoms with Gasteiger partial charge in [-0.1, -0.05) is 84.9 Å². The summed E-state index contributed by atoms with van der Waals surface area (Å²) in [6.45, 7) is 16.3. The fourth-order valence-corrected chi connectivity index (χ4v) is 6.16. The van der Waals surface area contributed by atoms with Gasteiger partial charge in [-0.25, -0.2) is 0 Å². The molecule has 1 aliphatic rings. The van der Waals surface area contributed by atoms with Crippen LogP contribution in [0.2, 0.25) is 0 Å². The predicted octanol–water partition coefficient (Wildman–Crippen LogP) is 9.45. The number of aromatic nitrogens is 1. The average molecular weight is 462 g/mol. The second-order valence-electron chi connectivity index (χ2n) is 12.8. The van der Waals surface area contributed by atoms with E-state index in [9.17, 15) is 0 Å². The number of furan rings is 1. The number of fused-ring (bicyclic) bond motifs is 6. The van der Waals surface area contributed by atoms with Crippen molar-refractivity contribution in [2.45, 2.75) is 77.6 Å². The van der Waals surface area contributed by atoms with Crippen molar-refractivity contribution in [3.8, 4) is 11.3 Å². The number of rotatable bonds is 1. The Bertz CT molecular complexity index is 1620. The Labute approximate surface area is 208 Å². The smallest absolute Gasteiger partial charge is 0.161 e. The van der Waals surface area contributed by atoms with Crippen molar-refractivity contribution in [3.63, 3.8) is 0 Å². The lowest BCUT2D eigenvalue weighted by Gasteiger charge is -2.41. The molecule has 6 rings (SSSR count). The van der Waals surface area contributed by atoms with Crippen molar-refractivity contribution < 1.29 is 4.42 Å². The third kappa shape index (κ3) is 3.33. The minimum Gasteiger partial charge on any atom is -0.453 e. The van der Waals surface area contributed by atoms with Gasteiger partial charge in [-0.05, 0) is 69.2 Å². The first-order valence-electron chi connectivity index (χ1n) is 12.9. The zero-order chi connectivity index (χ0) is 24.8. The molecule has 1 aliphatic carbocycles. The molecule has 0 bridgehead atoms. The summed E-state index contributed by atoms with van der Waals surface area (Å²) >= 11 is 0. The van der Waals surface area contributed by atoms with Gasteiger partial charge in [-0.15, -0.1) is 0 Å². The lowest BCUT2D eigenvalue weighted by atomic mass is 9.63. The summed E-state index contributed by atoms with van der Waals surface area (Å²) in [5.41, 5.74) is 8.37. The molecule has 0 aliphatic heterocycles. The SMILES string of the molecule is CC(C)(C)c1cc(-c2nccc3c2oc2c4c(ccc23)C(C)(C)CCC4(C)C)cc2ccccc12. The maximum absolute atomic E-state index is 6.84. The first-order chi connectivity index (χ1) is 16.5. The fraction of sp³-hybridized carbons (Fsp3) is 0.364. The molecule has 2 nitrogen and oxygen atoms in total. The molecule has 0 amide bonds. The lowest BCUT2D eigenvalue weighted by Crippen LogP contribution is -2.33. The summed E-state index contributed by atoms with van der Waals surface area (Å²) < 4.78 is 6.84. The number of nitrogens with zero attached hydrogens (tertiary/aromatic N) is 1. The molecule has 0 spiro atoms. The van der Waals surface area contributed by atoms with E-state index >= 15 is 0 Å². The van der Waals surface area contributed by atoms with Gasteiger partial charge in [0.05, 0.1) is 0 Å². The molecule has 178 valence electrons. The van der Waals surface area contributed by atoms with E-state index in [1.807, 2.05) is 6.20 Å². The maximum Gasteiger partial charge on any atom is 0.161 e. The van der Waals surface area contributed by atoms with E-state index in [4.69, 9.17) is 9.40 Å². The van der Waals surface area contributed by atoms with E-state index < -0.39 is 0 Å². The highest BCUT2D eigenvalue weighted by atomic mass is 16.3. The monoisotopic (exact) mass is 461 g/mol. The van der Waals surface area contributed by atoms with Gasteiger partial charge in [-0.2, -0.15) is 0 Å². The third-order valence-electron chi connectivity index (χ3n) is 8.28. The van der Waals surface area contributed by atoms with Crippen molar-refractivity contribution in [2.75, 3.05) is 0 Å². The average Bonchev–Trinajstić information content (AvgIpc) is 3.19. The summed E-state index contributed by atoms with van der Waals surface area (Å²) in [7, 11) is 0. The Kier molecular flexibility index (Phi) is 4.59. The van der Waals surface area contributed by atoms with Crippen LogP contribution in [0.5, 0.6) is 0 Å². The highest BCUT2D eigenvalue weighted by Crippen LogP contribution is 2.50. The highest BCUT2D eigenvalue weighted by Gasteiger charge is 2.39. The quantitative estimate of drug-likeness (QED) is 0.248. The van der Waals surface area contributed by atoms with Gasteiger partial charge in [0.2, 0.25) is 0 Å². The molecule has 5 aromatic rings. The van der Waals surface area contributed by atoms with Crippen LogP contribution in [-0.2, 0) is 16.2 Å². The normalized spacial score (nSPS) is 17.2. The minimum absolute atomic E-state index is 0.0199. The van der Waals surface area contributed by atoms with Crippen molar-refractivity contribution in [2.24, 2.45) is 0 Å². The van der Waals surface area contributed by atoms with Gasteiger partial charge in [0.25, 0.3) is 0 Å². The third-order valence-corrected chi connectivity index (χ3v) is 8.28. The van der Waals surface area contributed by atoms with E-state index in [0.717, 1.165) is 34.2 Å². The molecule has 0 unspecified atom stereocenters. The molecule has 0 saturated carbocycles. The molecular weight excluding hydrogens is 426 g/mol. The molecular formula is C33H35NO. The predicted molar refractivity (Wildman–Crippen MR) is 148 cm³/mol. The Morgan fingerprint density at radius 1 is 0.771 bits per heavy atom. The summed E-state index contributed by atoms with van der Waals surface area (Å²) in [6.07, 6.45) is 4.29. The second-order valence-corrected chi connectivity index (χ2v) is 12.8. The van der Waals surface area contributed by atoms with Crippen molar-refractivity contribution >= 4 is 32.7 Å². The molecule has 2 heteroatoms. The zero-order valence-electron chi connectivity index (χ0n) is 22.0. The lowest BCUT2D eigenvalue weighted by molar-refractivity contribution is 0.331. The molecule has 0 saturated heterocycles. The molecule has 2 heterocycles. The van der Waals surface area contributed by atoms with Crippen LogP contribution >= 0.6 is 0 Å². The van der Waals surface area contributed by atoms with Gasteiger partial charge in [0.15, 0.2) is 5.58 Å². The summed E-state index contributed by atoms with van der Waals surface area (Å²) in [5, 5.41) is 4.89. The van der Waals surface area contributed by atoms with Crippen LogP contribution in [0, 0.1) is 0 Å². The maximum atomic E-state index is 6.84. The van der Waals surface area contributed by atoms with Gasteiger partial charge in [0.1, 0.15) is 11.3 Å². The topological polar surface area (TPSA) is 26.0 Å². The Balaban J connectivity index is 1.68. The summed E-state index contributed by atoms with van der Waals surface area (Å²) in [4.78, 5) is 4.89. The number of hydrogen-bond donors (Lipinski definition) is 0. The van der Waals surface area contributed by atoms with Crippen molar-refractivity contribution in [1.82, 2.24) is 4.98 Å². The molecule has 2 aromatic heterocycles. The largest absolute Gasteiger partial charge is 0.453 e. The minimum atomic E-state index is 0.0199. The Hall–Kier alpha value is -3.13. The van der Waals surface area contributed by atoms with Crippen LogP contribution in [0.4, 0.5) is 0 Å². The van der Waals surface area contributed by atoms with Crippen LogP contribution in [0.1, 0.15) is 78.0 Å². The standard InChI is InChI=1S/C33H35NO/c1-31(2,3)26-19-21(18-20-10-8-9-11-22(20)26)28-30-24(14-17-34-28)23-12-13-25-27(29(23)35-30)33(6,7)16-15-32(25,4)5/h8-14,17-19H,15-16H2,1-7H3. The van der Waals surface area contributed by atoms with E-state index in [2.05, 4.69) is 103 Å². The zero-order valence-corrected chi connectivity index (χ0v) is 22.0. The van der Waals surface area contributed by atoms with Gasteiger partial charge < -0.3 is 4.42 Å². The first kappa shape index (κ1) is 22.3. The molecule has 0 N–H and O–H groups in total. The molecule has 0 fully saturated rings. The van der Waals surface area contributed by atoms with E-state index in [-0.39, 0.29) is 16.2 Å². The van der Waals surface area contributed by atoms with E-state index in [1.54, 1.807) is 0 Å². The highest BCUT2D eigenvalue weighted by molar-refractivity contribution is 6.10. The van der Waals surface area contributed by atoms with Gasteiger partial charge >= 0.3 is 0 Å². The summed E-state index contributed by atoms with van der Waals surface area (Å²) in [6, 6.07) is 20.0. The van der Waals surface area contributed by atoms with Crippen molar-refractivity contribution in [3.05, 3.63) is 77.5 Å². The first-order valence-corrected chi connectivity index (χ1v) is 12.9. The second kappa shape index (κ2) is 7.20. The van der Waals surface area contributed by atoms with Gasteiger partial charge in [-0.3, -0.25) is 4.98 Å². The van der Waals surface area contributed by atoms with Crippen molar-refractivity contribution in [1.29, 1.82) is 0 Å². The number of pyridine rings is 1. The Morgan fingerprint density at radius 2 is 1.49 bits per heavy atom. The van der Waals surface area contributed by atoms with Crippen LogP contribution in [0.3, 0.4) is 0 Å². The van der Waals surface area contributed by atoms with E-state index in [0.29, 0.717) is 0 Å². The van der Waals surface area contributed by atoms with Crippen LogP contribution in [-0.4, -0.2) is 4.98 Å². The fourth-order valence-electron chi connectivity index (χ4n) is 6.16. The van der Waals surface area contributed by atoms with Gasteiger partial charge in [0, 0.05) is 28.1 Å². The van der Waals surface area contributed by atoms with Crippen LogP contribution in [0.25, 0.3) is 44.0 Å². The molecule has 35 heavy (non-hydrogen) atoms. The Morgan fingerprint density at radius 3 is 2.26 bits per heavy atom. The van der Waals surface area contributed by atoms with Crippen LogP contribution < -0.4 is 0 Å². The van der Waals surface area contributed by atoms with E-state index in [1.165, 1.54) is 39.3 Å². The summed E-state index contributed by atoms with van der Waals surface area (Å²) in [5.74, 6) is 0.